The van der Waals surface area contributed by atoms with E-state index in [0.717, 1.165) is 31.6 Å². The Labute approximate surface area is 143 Å². The first-order valence-electron chi connectivity index (χ1n) is 8.90. The fourth-order valence-electron chi connectivity index (χ4n) is 3.61. The van der Waals surface area contributed by atoms with Gasteiger partial charge in [0.05, 0.1) is 6.54 Å². The van der Waals surface area contributed by atoms with Crippen molar-refractivity contribution in [1.29, 1.82) is 0 Å². The average molecular weight is 330 g/mol. The Morgan fingerprint density at radius 2 is 2.04 bits per heavy atom. The van der Waals surface area contributed by atoms with Crippen molar-refractivity contribution < 1.29 is 14.3 Å². The molecule has 1 atom stereocenters. The number of carbonyl (C=O) groups is 2. The second-order valence-electron chi connectivity index (χ2n) is 7.04. The van der Waals surface area contributed by atoms with Crippen LogP contribution in [0, 0.1) is 11.8 Å². The molecule has 2 aliphatic heterocycles. The maximum absolute atomic E-state index is 12.9. The molecule has 2 heterocycles. The van der Waals surface area contributed by atoms with Gasteiger partial charge in [-0.25, -0.2) is 4.79 Å². The molecular weight excluding hydrogens is 304 g/mol. The second-order valence-corrected chi connectivity index (χ2v) is 7.04. The molecule has 130 valence electrons. The third kappa shape index (κ3) is 3.55. The zero-order valence-electron chi connectivity index (χ0n) is 14.5. The molecule has 2 fully saturated rings. The van der Waals surface area contributed by atoms with E-state index in [1.165, 1.54) is 6.42 Å². The minimum atomic E-state index is -0.339. The van der Waals surface area contributed by atoms with Gasteiger partial charge in [0.1, 0.15) is 6.61 Å². The summed E-state index contributed by atoms with van der Waals surface area (Å²) in [4.78, 5) is 28.1. The normalized spacial score (nSPS) is 21.8. The maximum atomic E-state index is 12.9. The van der Waals surface area contributed by atoms with E-state index in [-0.39, 0.29) is 12.0 Å². The number of carbonyl (C=O) groups excluding carboxylic acids is 2. The van der Waals surface area contributed by atoms with Gasteiger partial charge in [0.15, 0.2) is 0 Å². The first kappa shape index (κ1) is 16.8. The Bertz CT molecular complexity index is 614. The smallest absolute Gasteiger partial charge is 0.414 e. The molecule has 0 spiro atoms. The number of rotatable bonds is 3. The largest absolute Gasteiger partial charge is 0.447 e. The highest BCUT2D eigenvalue weighted by molar-refractivity contribution is 5.97. The summed E-state index contributed by atoms with van der Waals surface area (Å²) >= 11 is 0. The van der Waals surface area contributed by atoms with E-state index in [9.17, 15) is 9.59 Å². The van der Waals surface area contributed by atoms with Crippen LogP contribution in [0.4, 0.5) is 10.5 Å². The number of cyclic esters (lactones) is 1. The Balaban J connectivity index is 1.72. The summed E-state index contributed by atoms with van der Waals surface area (Å²) in [6.45, 7) is 7.10. The zero-order valence-corrected chi connectivity index (χ0v) is 14.5. The highest BCUT2D eigenvalue weighted by Gasteiger charge is 2.26. The molecule has 2 amide bonds. The lowest BCUT2D eigenvalue weighted by Crippen LogP contribution is -2.32. The van der Waals surface area contributed by atoms with E-state index in [2.05, 4.69) is 13.8 Å². The standard InChI is InChI=1S/C19H26N2O3/c1-14(2)15-6-4-9-20(10-8-15)18(22)16-5-3-7-17(13-16)21-11-12-24-19(21)23/h3,5,7,13-15H,4,6,8-12H2,1-2H3/t15-/m1/s1. The Hall–Kier alpha value is -2.04. The molecule has 0 aromatic heterocycles. The van der Waals surface area contributed by atoms with Crippen molar-refractivity contribution in [1.82, 2.24) is 4.90 Å². The fraction of sp³-hybridized carbons (Fsp3) is 0.579. The van der Waals surface area contributed by atoms with Crippen LogP contribution < -0.4 is 4.90 Å². The monoisotopic (exact) mass is 330 g/mol. The molecule has 2 saturated heterocycles. The summed E-state index contributed by atoms with van der Waals surface area (Å²) < 4.78 is 4.98. The molecule has 0 bridgehead atoms. The molecule has 5 heteroatoms. The van der Waals surface area contributed by atoms with Crippen molar-refractivity contribution in [3.8, 4) is 0 Å². The lowest BCUT2D eigenvalue weighted by Gasteiger charge is -2.22. The van der Waals surface area contributed by atoms with Gasteiger partial charge in [-0.3, -0.25) is 9.69 Å². The topological polar surface area (TPSA) is 49.9 Å². The van der Waals surface area contributed by atoms with Crippen molar-refractivity contribution in [3.05, 3.63) is 29.8 Å². The number of anilines is 1. The van der Waals surface area contributed by atoms with Crippen LogP contribution in [-0.4, -0.2) is 43.1 Å². The van der Waals surface area contributed by atoms with Crippen LogP contribution in [0.25, 0.3) is 0 Å². The minimum absolute atomic E-state index is 0.0637. The van der Waals surface area contributed by atoms with Gasteiger partial charge < -0.3 is 9.64 Å². The number of nitrogens with zero attached hydrogens (tertiary/aromatic N) is 2. The number of amides is 2. The summed E-state index contributed by atoms with van der Waals surface area (Å²) in [7, 11) is 0. The van der Waals surface area contributed by atoms with Crippen LogP contribution in [0.2, 0.25) is 0 Å². The van der Waals surface area contributed by atoms with Gasteiger partial charge in [0, 0.05) is 24.3 Å². The van der Waals surface area contributed by atoms with E-state index < -0.39 is 0 Å². The van der Waals surface area contributed by atoms with E-state index in [4.69, 9.17) is 4.74 Å². The molecule has 1 aromatic rings. The predicted molar refractivity (Wildman–Crippen MR) is 93.2 cm³/mol. The second kappa shape index (κ2) is 7.24. The predicted octanol–water partition coefficient (Wildman–Crippen LogP) is 3.54. The molecule has 5 nitrogen and oxygen atoms in total. The van der Waals surface area contributed by atoms with Crippen molar-refractivity contribution in [3.63, 3.8) is 0 Å². The van der Waals surface area contributed by atoms with E-state index >= 15 is 0 Å². The molecule has 1 aromatic carbocycles. The zero-order chi connectivity index (χ0) is 17.1. The SMILES string of the molecule is CC(C)[C@@H]1CCCN(C(=O)c2cccc(N3CCOC3=O)c2)CC1. The minimum Gasteiger partial charge on any atom is -0.447 e. The van der Waals surface area contributed by atoms with Gasteiger partial charge in [-0.15, -0.1) is 0 Å². The van der Waals surface area contributed by atoms with Crippen molar-refractivity contribution >= 4 is 17.7 Å². The van der Waals surface area contributed by atoms with Crippen molar-refractivity contribution in [2.75, 3.05) is 31.1 Å². The summed E-state index contributed by atoms with van der Waals surface area (Å²) in [5.74, 6) is 1.44. The lowest BCUT2D eigenvalue weighted by atomic mass is 9.89. The van der Waals surface area contributed by atoms with E-state index in [0.29, 0.717) is 30.6 Å². The van der Waals surface area contributed by atoms with Crippen LogP contribution in [-0.2, 0) is 4.74 Å². The highest BCUT2D eigenvalue weighted by Crippen LogP contribution is 2.26. The van der Waals surface area contributed by atoms with Gasteiger partial charge in [-0.1, -0.05) is 19.9 Å². The molecule has 0 saturated carbocycles. The van der Waals surface area contributed by atoms with Crippen LogP contribution in [0.3, 0.4) is 0 Å². The fourth-order valence-corrected chi connectivity index (χ4v) is 3.61. The van der Waals surface area contributed by atoms with Crippen LogP contribution in [0.5, 0.6) is 0 Å². The van der Waals surface area contributed by atoms with E-state index in [1.54, 1.807) is 11.0 Å². The molecule has 0 unspecified atom stereocenters. The highest BCUT2D eigenvalue weighted by atomic mass is 16.6. The Morgan fingerprint density at radius 1 is 1.21 bits per heavy atom. The van der Waals surface area contributed by atoms with Gasteiger partial charge in [0.2, 0.25) is 0 Å². The molecule has 0 N–H and O–H groups in total. The quantitative estimate of drug-likeness (QED) is 0.852. The first-order valence-corrected chi connectivity index (χ1v) is 8.90. The average Bonchev–Trinajstić information content (AvgIpc) is 2.85. The number of hydrogen-bond donors (Lipinski definition) is 0. The number of benzene rings is 1. The molecule has 0 aliphatic carbocycles. The van der Waals surface area contributed by atoms with Gasteiger partial charge in [0.25, 0.3) is 5.91 Å². The maximum Gasteiger partial charge on any atom is 0.414 e. The van der Waals surface area contributed by atoms with Gasteiger partial charge >= 0.3 is 6.09 Å². The molecule has 2 aliphatic rings. The Kier molecular flexibility index (Phi) is 5.07. The van der Waals surface area contributed by atoms with Crippen LogP contribution >= 0.6 is 0 Å². The third-order valence-electron chi connectivity index (χ3n) is 5.17. The van der Waals surface area contributed by atoms with Crippen molar-refractivity contribution in [2.24, 2.45) is 11.8 Å². The number of ether oxygens (including phenoxy) is 1. The molecular formula is C19H26N2O3. The molecule has 0 radical (unpaired) electrons. The van der Waals surface area contributed by atoms with Gasteiger partial charge in [-0.05, 0) is 49.3 Å². The van der Waals surface area contributed by atoms with E-state index in [1.807, 2.05) is 23.1 Å². The van der Waals surface area contributed by atoms with Crippen LogP contribution in [0.1, 0.15) is 43.5 Å². The van der Waals surface area contributed by atoms with Gasteiger partial charge in [-0.2, -0.15) is 0 Å². The molecule has 3 rings (SSSR count). The first-order chi connectivity index (χ1) is 11.6. The third-order valence-corrected chi connectivity index (χ3v) is 5.17. The van der Waals surface area contributed by atoms with Crippen LogP contribution in [0.15, 0.2) is 24.3 Å². The number of hydrogen-bond acceptors (Lipinski definition) is 3. The number of likely N-dealkylation sites (tertiary alicyclic amines) is 1. The van der Waals surface area contributed by atoms with Crippen molar-refractivity contribution in [2.45, 2.75) is 33.1 Å². The molecule has 24 heavy (non-hydrogen) atoms. The Morgan fingerprint density at radius 3 is 2.75 bits per heavy atom. The summed E-state index contributed by atoms with van der Waals surface area (Å²) in [5.41, 5.74) is 1.38. The summed E-state index contributed by atoms with van der Waals surface area (Å²) in [6, 6.07) is 7.32. The lowest BCUT2D eigenvalue weighted by molar-refractivity contribution is 0.0758. The summed E-state index contributed by atoms with van der Waals surface area (Å²) in [6.07, 6.45) is 2.99. The summed E-state index contributed by atoms with van der Waals surface area (Å²) in [5, 5.41) is 0.